The number of carboxylic acid groups (broad SMARTS) is 1. The van der Waals surface area contributed by atoms with E-state index >= 15 is 0 Å². The fourth-order valence-corrected chi connectivity index (χ4v) is 3.34. The molecule has 0 saturated carbocycles. The number of pyridine rings is 1. The highest BCUT2D eigenvalue weighted by Crippen LogP contribution is 2.37. The van der Waals surface area contributed by atoms with Crippen LogP contribution in [0, 0.1) is 6.92 Å². The van der Waals surface area contributed by atoms with E-state index in [-0.39, 0.29) is 17.0 Å². The Balaban J connectivity index is 2.07. The Morgan fingerprint density at radius 2 is 1.73 bits per heavy atom. The van der Waals surface area contributed by atoms with E-state index < -0.39 is 47.5 Å². The number of aromatic nitrogens is 1. The number of anilines is 1. The number of carbonyl (C=O) groups is 3. The molecule has 3 aromatic rings. The number of hydrogen-bond acceptors (Lipinski definition) is 5. The number of carboxylic acids is 1. The molecule has 2 amide bonds. The van der Waals surface area contributed by atoms with Crippen LogP contribution in [0.25, 0.3) is 0 Å². The van der Waals surface area contributed by atoms with E-state index in [0.717, 1.165) is 34.9 Å². The van der Waals surface area contributed by atoms with Gasteiger partial charge < -0.3 is 14.7 Å². The topological polar surface area (TPSA) is 100 Å². The van der Waals surface area contributed by atoms with Crippen molar-refractivity contribution in [2.24, 2.45) is 0 Å². The highest BCUT2D eigenvalue weighted by Gasteiger charge is 2.35. The van der Waals surface area contributed by atoms with Crippen molar-refractivity contribution in [3.05, 3.63) is 83.0 Å². The summed E-state index contributed by atoms with van der Waals surface area (Å²) in [5, 5.41) is 9.88. The van der Waals surface area contributed by atoms with Crippen LogP contribution in [-0.4, -0.2) is 52.9 Å². The Hall–Kier alpha value is -4.41. The molecule has 194 valence electrons. The molecule has 0 aliphatic rings. The number of ether oxygens (including phenoxy) is 1. The second-order valence-electron chi connectivity index (χ2n) is 8.11. The highest BCUT2D eigenvalue weighted by molar-refractivity contribution is 6.11. The van der Waals surface area contributed by atoms with Gasteiger partial charge in [-0.1, -0.05) is 17.7 Å². The average Bonchev–Trinajstić information content (AvgIpc) is 2.86. The molecule has 0 bridgehead atoms. The van der Waals surface area contributed by atoms with Gasteiger partial charge in [-0.15, -0.1) is 0 Å². The lowest BCUT2D eigenvalue weighted by atomic mass is 10.1. The van der Waals surface area contributed by atoms with Crippen molar-refractivity contribution in [1.29, 1.82) is 0 Å². The molecule has 8 nitrogen and oxygen atoms in total. The second kappa shape index (κ2) is 11.1. The third-order valence-corrected chi connectivity index (χ3v) is 5.52. The molecule has 0 aliphatic heterocycles. The van der Waals surface area contributed by atoms with E-state index in [4.69, 9.17) is 4.74 Å². The number of nitrogens with zero attached hydrogens (tertiary/aromatic N) is 3. The predicted molar refractivity (Wildman–Crippen MR) is 129 cm³/mol. The van der Waals surface area contributed by atoms with Crippen LogP contribution in [0.5, 0.6) is 11.6 Å². The minimum absolute atomic E-state index is 0.125. The molecule has 0 spiro atoms. The van der Waals surface area contributed by atoms with Crippen LogP contribution in [-0.2, 0) is 11.0 Å². The monoisotopic (exact) mass is 515 g/mol. The molecule has 0 saturated heterocycles. The zero-order valence-corrected chi connectivity index (χ0v) is 20.2. The number of carbonyl (C=O) groups excluding carboxylic acids is 2. The summed E-state index contributed by atoms with van der Waals surface area (Å²) < 4.78 is 45.3. The van der Waals surface area contributed by atoms with Crippen molar-refractivity contribution in [2.75, 3.05) is 25.0 Å². The average molecular weight is 515 g/mol. The molecule has 3 rings (SSSR count). The van der Waals surface area contributed by atoms with Gasteiger partial charge >= 0.3 is 12.1 Å². The quantitative estimate of drug-likeness (QED) is 0.452. The number of hydrogen-bond donors (Lipinski definition) is 1. The van der Waals surface area contributed by atoms with E-state index in [1.807, 2.05) is 6.92 Å². The largest absolute Gasteiger partial charge is 0.478 e. The van der Waals surface area contributed by atoms with Gasteiger partial charge in [-0.2, -0.15) is 13.2 Å². The van der Waals surface area contributed by atoms with Gasteiger partial charge in [0.1, 0.15) is 17.9 Å². The number of halogens is 3. The molecule has 0 unspecified atom stereocenters. The van der Waals surface area contributed by atoms with Crippen LogP contribution >= 0.6 is 0 Å². The summed E-state index contributed by atoms with van der Waals surface area (Å²) >= 11 is 0. The van der Waals surface area contributed by atoms with E-state index in [0.29, 0.717) is 6.54 Å². The zero-order chi connectivity index (χ0) is 27.3. The van der Waals surface area contributed by atoms with Crippen molar-refractivity contribution < 1.29 is 37.4 Å². The standard InChI is InChI=1S/C26H24F3N3O5/c1-4-31(3)22(33)15-32(24(34)17-9-7-16(2)8-10-17)21-12-11-18(14-19(21)25(35)36)37-23-20(26(27,28)29)6-5-13-30-23/h5-14H,4,15H2,1-3H3,(H,35,36). The molecular formula is C26H24F3N3O5. The fourth-order valence-electron chi connectivity index (χ4n) is 3.34. The number of likely N-dealkylation sites (N-methyl/N-ethyl adjacent to an activating group) is 1. The van der Waals surface area contributed by atoms with Gasteiger partial charge in [-0.3, -0.25) is 14.5 Å². The van der Waals surface area contributed by atoms with Crippen molar-refractivity contribution >= 4 is 23.5 Å². The Morgan fingerprint density at radius 3 is 2.32 bits per heavy atom. The van der Waals surface area contributed by atoms with Crippen LogP contribution in [0.1, 0.15) is 38.8 Å². The van der Waals surface area contributed by atoms with Gasteiger partial charge in [0.25, 0.3) is 5.91 Å². The highest BCUT2D eigenvalue weighted by atomic mass is 19.4. The van der Waals surface area contributed by atoms with Gasteiger partial charge in [-0.25, -0.2) is 9.78 Å². The van der Waals surface area contributed by atoms with Crippen LogP contribution in [0.2, 0.25) is 0 Å². The number of aromatic carboxylic acids is 1. The van der Waals surface area contributed by atoms with Crippen LogP contribution < -0.4 is 9.64 Å². The normalized spacial score (nSPS) is 11.1. The second-order valence-corrected chi connectivity index (χ2v) is 8.11. The van der Waals surface area contributed by atoms with E-state index in [2.05, 4.69) is 4.98 Å². The number of benzene rings is 2. The third kappa shape index (κ3) is 6.43. The first kappa shape index (κ1) is 27.2. The maximum absolute atomic E-state index is 13.4. The van der Waals surface area contributed by atoms with Crippen molar-refractivity contribution in [3.8, 4) is 11.6 Å². The summed E-state index contributed by atoms with van der Waals surface area (Å²) in [4.78, 5) is 44.3. The fraction of sp³-hybridized carbons (Fsp3) is 0.231. The smallest absolute Gasteiger partial charge is 0.421 e. The van der Waals surface area contributed by atoms with Crippen LogP contribution in [0.3, 0.4) is 0 Å². The maximum atomic E-state index is 13.4. The molecule has 11 heteroatoms. The Bertz CT molecular complexity index is 1310. The first-order valence-corrected chi connectivity index (χ1v) is 11.1. The summed E-state index contributed by atoms with van der Waals surface area (Å²) in [6.45, 7) is 3.47. The maximum Gasteiger partial charge on any atom is 0.421 e. The zero-order valence-electron chi connectivity index (χ0n) is 20.2. The minimum atomic E-state index is -4.75. The number of aryl methyl sites for hydroxylation is 1. The minimum Gasteiger partial charge on any atom is -0.478 e. The van der Waals surface area contributed by atoms with Gasteiger partial charge in [-0.05, 0) is 56.3 Å². The molecule has 1 aromatic heterocycles. The molecule has 1 heterocycles. The summed E-state index contributed by atoms with van der Waals surface area (Å²) in [5.74, 6) is -3.55. The van der Waals surface area contributed by atoms with E-state index in [1.54, 1.807) is 31.2 Å². The predicted octanol–water partition coefficient (Wildman–Crippen LogP) is 5.02. The van der Waals surface area contributed by atoms with Gasteiger partial charge in [0.15, 0.2) is 0 Å². The van der Waals surface area contributed by atoms with Gasteiger partial charge in [0.05, 0.1) is 11.3 Å². The first-order chi connectivity index (χ1) is 17.4. The molecule has 0 aliphatic carbocycles. The molecule has 1 N–H and O–H groups in total. The Kier molecular flexibility index (Phi) is 8.16. The molecule has 37 heavy (non-hydrogen) atoms. The molecular weight excluding hydrogens is 491 g/mol. The van der Waals surface area contributed by atoms with Crippen molar-refractivity contribution in [2.45, 2.75) is 20.0 Å². The number of rotatable bonds is 8. The number of amides is 2. The van der Waals surface area contributed by atoms with Gasteiger partial charge in [0.2, 0.25) is 11.8 Å². The summed E-state index contributed by atoms with van der Waals surface area (Å²) in [5.41, 5.74) is -0.599. The summed E-state index contributed by atoms with van der Waals surface area (Å²) in [7, 11) is 1.54. The third-order valence-electron chi connectivity index (χ3n) is 5.52. The van der Waals surface area contributed by atoms with E-state index in [1.165, 1.54) is 24.1 Å². The molecule has 2 aromatic carbocycles. The van der Waals surface area contributed by atoms with Crippen molar-refractivity contribution in [1.82, 2.24) is 9.88 Å². The Labute approximate surface area is 210 Å². The Morgan fingerprint density at radius 1 is 1.05 bits per heavy atom. The first-order valence-electron chi connectivity index (χ1n) is 11.1. The lowest BCUT2D eigenvalue weighted by Gasteiger charge is -2.26. The van der Waals surface area contributed by atoms with E-state index in [9.17, 15) is 32.7 Å². The number of alkyl halides is 3. The van der Waals surface area contributed by atoms with Crippen LogP contribution in [0.4, 0.5) is 18.9 Å². The SMILES string of the molecule is CCN(C)C(=O)CN(C(=O)c1ccc(C)cc1)c1ccc(Oc2ncccc2C(F)(F)F)cc1C(=O)O. The summed E-state index contributed by atoms with van der Waals surface area (Å²) in [6.07, 6.45) is -3.64. The molecule has 0 radical (unpaired) electrons. The molecule has 0 fully saturated rings. The van der Waals surface area contributed by atoms with Gasteiger partial charge in [0, 0.05) is 25.4 Å². The molecule has 0 atom stereocenters. The lowest BCUT2D eigenvalue weighted by molar-refractivity contribution is -0.138. The summed E-state index contributed by atoms with van der Waals surface area (Å²) in [6, 6.07) is 11.8. The van der Waals surface area contributed by atoms with Crippen LogP contribution in [0.15, 0.2) is 60.8 Å². The lowest BCUT2D eigenvalue weighted by Crippen LogP contribution is -2.42. The van der Waals surface area contributed by atoms with Crippen molar-refractivity contribution in [3.63, 3.8) is 0 Å².